The first-order valence-electron chi connectivity index (χ1n) is 7.23. The molecule has 1 fully saturated rings. The zero-order valence-corrected chi connectivity index (χ0v) is 11.4. The first kappa shape index (κ1) is 12.4. The van der Waals surface area contributed by atoms with Crippen LogP contribution in [0.25, 0.3) is 0 Å². The number of benzene rings is 1. The van der Waals surface area contributed by atoms with Gasteiger partial charge < -0.3 is 0 Å². The molecule has 2 aliphatic carbocycles. The quantitative estimate of drug-likeness (QED) is 0.696. The topological polar surface area (TPSA) is 12.4 Å². The lowest BCUT2D eigenvalue weighted by Crippen LogP contribution is -2.28. The lowest BCUT2D eigenvalue weighted by atomic mass is 9.75. The molecule has 1 aromatic rings. The highest BCUT2D eigenvalue weighted by Crippen LogP contribution is 2.51. The number of hydrogen-bond acceptors (Lipinski definition) is 1. The highest BCUT2D eigenvalue weighted by atomic mass is 14.8. The van der Waals surface area contributed by atoms with E-state index in [-0.39, 0.29) is 5.41 Å². The van der Waals surface area contributed by atoms with Gasteiger partial charge in [0.05, 0.1) is 6.54 Å². The lowest BCUT2D eigenvalue weighted by molar-refractivity contribution is 0.375. The Morgan fingerprint density at radius 2 is 2.16 bits per heavy atom. The summed E-state index contributed by atoms with van der Waals surface area (Å²) in [5, 5.41) is 0. The molecule has 19 heavy (non-hydrogen) atoms. The summed E-state index contributed by atoms with van der Waals surface area (Å²) < 4.78 is 0. The molecule has 0 unspecified atom stereocenters. The van der Waals surface area contributed by atoms with Gasteiger partial charge in [0.25, 0.3) is 0 Å². The molecule has 3 rings (SSSR count). The van der Waals surface area contributed by atoms with Gasteiger partial charge in [-0.15, -0.1) is 6.58 Å². The van der Waals surface area contributed by atoms with Crippen LogP contribution in [0.3, 0.4) is 0 Å². The minimum Gasteiger partial charge on any atom is -0.284 e. The summed E-state index contributed by atoms with van der Waals surface area (Å²) in [6.45, 7) is 4.75. The van der Waals surface area contributed by atoms with Crippen molar-refractivity contribution in [2.24, 2.45) is 16.3 Å². The van der Waals surface area contributed by atoms with Crippen LogP contribution in [0.1, 0.15) is 31.2 Å². The zero-order valence-electron chi connectivity index (χ0n) is 11.4. The number of allylic oxidation sites excluding steroid dienone is 3. The second-order valence-corrected chi connectivity index (χ2v) is 5.69. The van der Waals surface area contributed by atoms with Gasteiger partial charge in [-0.25, -0.2) is 0 Å². The Kier molecular flexibility index (Phi) is 3.37. The van der Waals surface area contributed by atoms with Crippen molar-refractivity contribution in [2.45, 2.75) is 32.2 Å². The highest BCUT2D eigenvalue weighted by Gasteiger charge is 2.46. The van der Waals surface area contributed by atoms with Crippen LogP contribution in [0.2, 0.25) is 0 Å². The SMILES string of the molecule is C=CC[C@@]12CCC[C@@H]1C=CC2=NCc1ccccc1. The fraction of sp³-hybridized carbons (Fsp3) is 0.389. The lowest BCUT2D eigenvalue weighted by Gasteiger charge is -2.29. The second kappa shape index (κ2) is 5.16. The summed E-state index contributed by atoms with van der Waals surface area (Å²) in [6, 6.07) is 10.5. The molecule has 0 heterocycles. The fourth-order valence-electron chi connectivity index (χ4n) is 3.66. The summed E-state index contributed by atoms with van der Waals surface area (Å²) in [5.41, 5.74) is 2.87. The van der Waals surface area contributed by atoms with E-state index in [4.69, 9.17) is 4.99 Å². The molecule has 0 N–H and O–H groups in total. The van der Waals surface area contributed by atoms with Crippen LogP contribution >= 0.6 is 0 Å². The van der Waals surface area contributed by atoms with Crippen LogP contribution in [-0.2, 0) is 6.54 Å². The van der Waals surface area contributed by atoms with Crippen molar-refractivity contribution in [2.75, 3.05) is 0 Å². The van der Waals surface area contributed by atoms with E-state index in [1.807, 2.05) is 0 Å². The number of aliphatic imine (C=N–C) groups is 1. The van der Waals surface area contributed by atoms with Crippen molar-refractivity contribution in [3.63, 3.8) is 0 Å². The Morgan fingerprint density at radius 3 is 2.95 bits per heavy atom. The van der Waals surface area contributed by atoms with Crippen molar-refractivity contribution >= 4 is 5.71 Å². The maximum atomic E-state index is 4.91. The smallest absolute Gasteiger partial charge is 0.0643 e. The average molecular weight is 251 g/mol. The maximum Gasteiger partial charge on any atom is 0.0643 e. The van der Waals surface area contributed by atoms with Gasteiger partial charge in [0.2, 0.25) is 0 Å². The van der Waals surface area contributed by atoms with Gasteiger partial charge in [0, 0.05) is 11.1 Å². The van der Waals surface area contributed by atoms with E-state index >= 15 is 0 Å². The molecule has 0 amide bonds. The molecule has 1 nitrogen and oxygen atoms in total. The van der Waals surface area contributed by atoms with Crippen LogP contribution in [-0.4, -0.2) is 5.71 Å². The van der Waals surface area contributed by atoms with Gasteiger partial charge in [0.1, 0.15) is 0 Å². The van der Waals surface area contributed by atoms with Crippen LogP contribution in [0, 0.1) is 11.3 Å². The maximum absolute atomic E-state index is 4.91. The third kappa shape index (κ3) is 2.18. The molecule has 1 saturated carbocycles. The Labute approximate surface area is 115 Å². The summed E-state index contributed by atoms with van der Waals surface area (Å²) in [7, 11) is 0. The number of hydrogen-bond donors (Lipinski definition) is 0. The Bertz CT molecular complexity index is 512. The van der Waals surface area contributed by atoms with Gasteiger partial charge in [-0.05, 0) is 36.8 Å². The molecule has 2 atom stereocenters. The largest absolute Gasteiger partial charge is 0.284 e. The Hall–Kier alpha value is -1.63. The molecule has 0 spiro atoms. The second-order valence-electron chi connectivity index (χ2n) is 5.69. The van der Waals surface area contributed by atoms with Crippen molar-refractivity contribution in [3.05, 3.63) is 60.7 Å². The molecule has 0 bridgehead atoms. The van der Waals surface area contributed by atoms with Gasteiger partial charge >= 0.3 is 0 Å². The number of nitrogens with zero attached hydrogens (tertiary/aromatic N) is 1. The Balaban J connectivity index is 1.83. The van der Waals surface area contributed by atoms with Gasteiger partial charge in [-0.2, -0.15) is 0 Å². The van der Waals surface area contributed by atoms with E-state index in [0.29, 0.717) is 5.92 Å². The molecule has 0 saturated heterocycles. The van der Waals surface area contributed by atoms with E-state index in [2.05, 4.69) is 55.1 Å². The van der Waals surface area contributed by atoms with Gasteiger partial charge in [-0.3, -0.25) is 4.99 Å². The van der Waals surface area contributed by atoms with Crippen LogP contribution in [0.4, 0.5) is 0 Å². The summed E-state index contributed by atoms with van der Waals surface area (Å²) >= 11 is 0. The molecule has 0 radical (unpaired) electrons. The van der Waals surface area contributed by atoms with Crippen LogP contribution < -0.4 is 0 Å². The predicted molar refractivity (Wildman–Crippen MR) is 81.3 cm³/mol. The number of rotatable bonds is 4. The molecule has 0 aromatic heterocycles. The molecule has 0 aliphatic heterocycles. The first-order valence-corrected chi connectivity index (χ1v) is 7.23. The molecular formula is C18H21N. The summed E-state index contributed by atoms with van der Waals surface area (Å²) in [5.74, 6) is 0.694. The molecule has 2 aliphatic rings. The predicted octanol–water partition coefficient (Wildman–Crippen LogP) is 4.56. The van der Waals surface area contributed by atoms with E-state index in [9.17, 15) is 0 Å². The first-order chi connectivity index (χ1) is 9.35. The molecule has 98 valence electrons. The highest BCUT2D eigenvalue weighted by molar-refractivity contribution is 6.02. The summed E-state index contributed by atoms with van der Waals surface area (Å²) in [6.07, 6.45) is 11.7. The van der Waals surface area contributed by atoms with Crippen LogP contribution in [0.15, 0.2) is 60.1 Å². The molecule has 1 heteroatoms. The minimum absolute atomic E-state index is 0.274. The summed E-state index contributed by atoms with van der Waals surface area (Å²) in [4.78, 5) is 4.91. The number of fused-ring (bicyclic) bond motifs is 1. The van der Waals surface area contributed by atoms with Crippen molar-refractivity contribution in [1.29, 1.82) is 0 Å². The molecular weight excluding hydrogens is 230 g/mol. The zero-order chi connectivity index (χ0) is 13.1. The third-order valence-electron chi connectivity index (χ3n) is 4.63. The van der Waals surface area contributed by atoms with E-state index in [0.717, 1.165) is 13.0 Å². The minimum atomic E-state index is 0.274. The Morgan fingerprint density at radius 1 is 1.32 bits per heavy atom. The molecule has 1 aromatic carbocycles. The van der Waals surface area contributed by atoms with E-state index < -0.39 is 0 Å². The monoisotopic (exact) mass is 251 g/mol. The van der Waals surface area contributed by atoms with Gasteiger partial charge in [-0.1, -0.05) is 48.9 Å². The van der Waals surface area contributed by atoms with E-state index in [1.165, 1.54) is 30.5 Å². The van der Waals surface area contributed by atoms with Gasteiger partial charge in [0.15, 0.2) is 0 Å². The van der Waals surface area contributed by atoms with Crippen molar-refractivity contribution in [1.82, 2.24) is 0 Å². The average Bonchev–Trinajstić information content (AvgIpc) is 2.97. The third-order valence-corrected chi connectivity index (χ3v) is 4.63. The van der Waals surface area contributed by atoms with Crippen molar-refractivity contribution < 1.29 is 0 Å². The fourth-order valence-corrected chi connectivity index (χ4v) is 3.66. The van der Waals surface area contributed by atoms with Crippen molar-refractivity contribution in [3.8, 4) is 0 Å². The van der Waals surface area contributed by atoms with E-state index in [1.54, 1.807) is 0 Å². The van der Waals surface area contributed by atoms with Crippen LogP contribution in [0.5, 0.6) is 0 Å². The normalized spacial score (nSPS) is 30.7. The standard InChI is InChI=1S/C18H21N/c1-2-12-18-13-6-9-16(18)10-11-17(18)19-14-15-7-4-3-5-8-15/h2-5,7-8,10-11,16H,1,6,9,12-14H2/t16-,18-/m1/s1.